The molecule has 19 heavy (non-hydrogen) atoms. The summed E-state index contributed by atoms with van der Waals surface area (Å²) in [6.45, 7) is 7.52. The van der Waals surface area contributed by atoms with Gasteiger partial charge in [-0.15, -0.1) is 11.3 Å². The number of hydrogen-bond donors (Lipinski definition) is 1. The van der Waals surface area contributed by atoms with Gasteiger partial charge in [0.15, 0.2) is 0 Å². The molecule has 0 saturated carbocycles. The van der Waals surface area contributed by atoms with Crippen LogP contribution in [0.2, 0.25) is 0 Å². The molecule has 2 aromatic heterocycles. The van der Waals surface area contributed by atoms with E-state index in [1.807, 2.05) is 17.5 Å². The SMILES string of the molecule is CCCNC(Cc1ccc(C)cn1)c1sccc1C. The summed E-state index contributed by atoms with van der Waals surface area (Å²) in [6.07, 6.45) is 4.07. The summed E-state index contributed by atoms with van der Waals surface area (Å²) < 4.78 is 0. The van der Waals surface area contributed by atoms with Crippen LogP contribution in [0.3, 0.4) is 0 Å². The average Bonchev–Trinajstić information content (AvgIpc) is 2.83. The van der Waals surface area contributed by atoms with Crippen molar-refractivity contribution in [3.63, 3.8) is 0 Å². The van der Waals surface area contributed by atoms with Crippen LogP contribution in [0.1, 0.15) is 41.1 Å². The molecule has 0 spiro atoms. The zero-order valence-corrected chi connectivity index (χ0v) is 12.8. The van der Waals surface area contributed by atoms with Crippen molar-refractivity contribution in [3.05, 3.63) is 51.5 Å². The molecule has 0 aliphatic carbocycles. The zero-order chi connectivity index (χ0) is 13.7. The Balaban J connectivity index is 2.14. The van der Waals surface area contributed by atoms with Gasteiger partial charge in [0.2, 0.25) is 0 Å². The first-order chi connectivity index (χ1) is 9.20. The van der Waals surface area contributed by atoms with E-state index in [1.54, 1.807) is 0 Å². The fraction of sp³-hybridized carbons (Fsp3) is 0.438. The molecule has 3 heteroatoms. The Morgan fingerprint density at radius 3 is 2.68 bits per heavy atom. The van der Waals surface area contributed by atoms with Crippen molar-refractivity contribution in [1.29, 1.82) is 0 Å². The van der Waals surface area contributed by atoms with Gasteiger partial charge < -0.3 is 5.32 Å². The van der Waals surface area contributed by atoms with Crippen LogP contribution in [0.15, 0.2) is 29.8 Å². The predicted molar refractivity (Wildman–Crippen MR) is 82.8 cm³/mol. The number of thiophene rings is 1. The van der Waals surface area contributed by atoms with Gasteiger partial charge in [-0.3, -0.25) is 4.98 Å². The van der Waals surface area contributed by atoms with Gasteiger partial charge in [0, 0.05) is 29.2 Å². The molecule has 0 aliphatic heterocycles. The summed E-state index contributed by atoms with van der Waals surface area (Å²) in [5.74, 6) is 0. The van der Waals surface area contributed by atoms with E-state index < -0.39 is 0 Å². The van der Waals surface area contributed by atoms with Crippen molar-refractivity contribution in [2.45, 2.75) is 39.7 Å². The molecule has 2 nitrogen and oxygen atoms in total. The lowest BCUT2D eigenvalue weighted by Crippen LogP contribution is -2.24. The molecule has 2 rings (SSSR count). The second kappa shape index (κ2) is 6.83. The Hall–Kier alpha value is -1.19. The maximum atomic E-state index is 4.53. The minimum Gasteiger partial charge on any atom is -0.309 e. The molecular formula is C16H22N2S. The summed E-state index contributed by atoms with van der Waals surface area (Å²) >= 11 is 1.84. The Kier molecular flexibility index (Phi) is 5.11. The number of aryl methyl sites for hydroxylation is 2. The highest BCUT2D eigenvalue weighted by Crippen LogP contribution is 2.26. The van der Waals surface area contributed by atoms with Crippen LogP contribution in [0.25, 0.3) is 0 Å². The molecule has 0 radical (unpaired) electrons. The van der Waals surface area contributed by atoms with Crippen LogP contribution in [0.4, 0.5) is 0 Å². The number of hydrogen-bond acceptors (Lipinski definition) is 3. The maximum absolute atomic E-state index is 4.53. The van der Waals surface area contributed by atoms with Gasteiger partial charge >= 0.3 is 0 Å². The van der Waals surface area contributed by atoms with Crippen LogP contribution in [0.5, 0.6) is 0 Å². The summed E-state index contributed by atoms with van der Waals surface area (Å²) in [4.78, 5) is 5.97. The minimum absolute atomic E-state index is 0.384. The lowest BCUT2D eigenvalue weighted by Gasteiger charge is -2.18. The van der Waals surface area contributed by atoms with Crippen molar-refractivity contribution in [2.75, 3.05) is 6.54 Å². The Morgan fingerprint density at radius 1 is 1.26 bits per heavy atom. The van der Waals surface area contributed by atoms with Crippen molar-refractivity contribution in [2.24, 2.45) is 0 Å². The first-order valence-electron chi connectivity index (χ1n) is 6.89. The second-order valence-corrected chi connectivity index (χ2v) is 5.95. The average molecular weight is 274 g/mol. The van der Waals surface area contributed by atoms with Crippen molar-refractivity contribution < 1.29 is 0 Å². The third-order valence-corrected chi connectivity index (χ3v) is 4.38. The van der Waals surface area contributed by atoms with E-state index in [4.69, 9.17) is 0 Å². The number of aromatic nitrogens is 1. The van der Waals surface area contributed by atoms with Gasteiger partial charge in [-0.1, -0.05) is 13.0 Å². The van der Waals surface area contributed by atoms with Crippen LogP contribution in [-0.2, 0) is 6.42 Å². The Labute approximate surface area is 119 Å². The molecule has 0 fully saturated rings. The fourth-order valence-corrected chi connectivity index (χ4v) is 3.15. The van der Waals surface area contributed by atoms with E-state index in [1.165, 1.54) is 16.0 Å². The summed E-state index contributed by atoms with van der Waals surface area (Å²) in [5, 5.41) is 5.82. The molecular weight excluding hydrogens is 252 g/mol. The van der Waals surface area contributed by atoms with Gasteiger partial charge in [0.1, 0.15) is 0 Å². The number of rotatable bonds is 6. The van der Waals surface area contributed by atoms with Gasteiger partial charge in [0.25, 0.3) is 0 Å². The molecule has 0 aromatic carbocycles. The highest BCUT2D eigenvalue weighted by Gasteiger charge is 2.15. The Bertz CT molecular complexity index is 502. The normalized spacial score (nSPS) is 12.6. The molecule has 1 N–H and O–H groups in total. The van der Waals surface area contributed by atoms with Gasteiger partial charge in [-0.2, -0.15) is 0 Å². The predicted octanol–water partition coefficient (Wildman–Crippen LogP) is 4.04. The third-order valence-electron chi connectivity index (χ3n) is 3.24. The van der Waals surface area contributed by atoms with Crippen molar-refractivity contribution in [3.8, 4) is 0 Å². The highest BCUT2D eigenvalue weighted by atomic mass is 32.1. The van der Waals surface area contributed by atoms with Gasteiger partial charge in [0.05, 0.1) is 0 Å². The van der Waals surface area contributed by atoms with E-state index in [2.05, 4.69) is 54.7 Å². The summed E-state index contributed by atoms with van der Waals surface area (Å²) in [7, 11) is 0. The number of nitrogens with zero attached hydrogens (tertiary/aromatic N) is 1. The first kappa shape index (κ1) is 14.2. The lowest BCUT2D eigenvalue weighted by atomic mass is 10.1. The van der Waals surface area contributed by atoms with E-state index >= 15 is 0 Å². The molecule has 0 aliphatic rings. The second-order valence-electron chi connectivity index (χ2n) is 5.01. The molecule has 0 saturated heterocycles. The largest absolute Gasteiger partial charge is 0.309 e. The van der Waals surface area contributed by atoms with Crippen LogP contribution in [0, 0.1) is 13.8 Å². The van der Waals surface area contributed by atoms with Crippen LogP contribution < -0.4 is 5.32 Å². The standard InChI is InChI=1S/C16H22N2S/c1-4-8-17-15(16-13(3)7-9-19-16)10-14-6-5-12(2)11-18-14/h5-7,9,11,15,17H,4,8,10H2,1-3H3. The molecule has 0 amide bonds. The number of pyridine rings is 1. The van der Waals surface area contributed by atoms with E-state index in [-0.39, 0.29) is 0 Å². The van der Waals surface area contributed by atoms with Crippen molar-refractivity contribution >= 4 is 11.3 Å². The Morgan fingerprint density at radius 2 is 2.11 bits per heavy atom. The lowest BCUT2D eigenvalue weighted by molar-refractivity contribution is 0.530. The summed E-state index contributed by atoms with van der Waals surface area (Å²) in [6, 6.07) is 6.86. The fourth-order valence-electron chi connectivity index (χ4n) is 2.15. The zero-order valence-electron chi connectivity index (χ0n) is 11.9. The molecule has 2 heterocycles. The molecule has 1 unspecified atom stereocenters. The van der Waals surface area contributed by atoms with Crippen LogP contribution >= 0.6 is 11.3 Å². The maximum Gasteiger partial charge on any atom is 0.0473 e. The van der Waals surface area contributed by atoms with E-state index in [9.17, 15) is 0 Å². The molecule has 0 bridgehead atoms. The monoisotopic (exact) mass is 274 g/mol. The summed E-state index contributed by atoms with van der Waals surface area (Å²) in [5.41, 5.74) is 3.76. The molecule has 1 atom stereocenters. The smallest absolute Gasteiger partial charge is 0.0473 e. The minimum atomic E-state index is 0.384. The van der Waals surface area contributed by atoms with Crippen molar-refractivity contribution in [1.82, 2.24) is 10.3 Å². The van der Waals surface area contributed by atoms with E-state index in [0.717, 1.165) is 25.1 Å². The first-order valence-corrected chi connectivity index (χ1v) is 7.77. The van der Waals surface area contributed by atoms with E-state index in [0.29, 0.717) is 6.04 Å². The topological polar surface area (TPSA) is 24.9 Å². The quantitative estimate of drug-likeness (QED) is 0.860. The number of nitrogens with one attached hydrogen (secondary N) is 1. The molecule has 102 valence electrons. The van der Waals surface area contributed by atoms with Gasteiger partial charge in [-0.05, 0) is 55.5 Å². The molecule has 2 aromatic rings. The highest BCUT2D eigenvalue weighted by molar-refractivity contribution is 7.10. The third kappa shape index (κ3) is 3.88. The van der Waals surface area contributed by atoms with Crippen LogP contribution in [-0.4, -0.2) is 11.5 Å². The van der Waals surface area contributed by atoms with Gasteiger partial charge in [-0.25, -0.2) is 0 Å².